The van der Waals surface area contributed by atoms with Gasteiger partial charge in [-0.1, -0.05) is 97.7 Å². The SMILES string of the molecule is Cc1ccccc1CSCC(=O)N(Cc1ccc(Cl)c(Cl)c1)C(Cc1ccccc1)C(=O)NCC(C)C. The molecule has 4 nitrogen and oxygen atoms in total. The zero-order valence-corrected chi connectivity index (χ0v) is 23.9. The van der Waals surface area contributed by atoms with Crippen LogP contribution in [0.25, 0.3) is 0 Å². The van der Waals surface area contributed by atoms with E-state index in [9.17, 15) is 9.59 Å². The molecule has 3 rings (SSSR count). The van der Waals surface area contributed by atoms with E-state index in [0.717, 1.165) is 16.9 Å². The molecule has 0 aliphatic heterocycles. The van der Waals surface area contributed by atoms with Crippen LogP contribution in [0.1, 0.15) is 36.1 Å². The van der Waals surface area contributed by atoms with Crippen LogP contribution in [0.2, 0.25) is 10.0 Å². The number of carbonyl (C=O) groups excluding carboxylic acids is 2. The molecule has 1 unspecified atom stereocenters. The summed E-state index contributed by atoms with van der Waals surface area (Å²) in [4.78, 5) is 28.9. The molecule has 0 saturated carbocycles. The molecule has 0 aliphatic rings. The Morgan fingerprint density at radius 2 is 1.62 bits per heavy atom. The van der Waals surface area contributed by atoms with Gasteiger partial charge in [0, 0.05) is 25.3 Å². The van der Waals surface area contributed by atoms with Crippen LogP contribution in [0.15, 0.2) is 72.8 Å². The largest absolute Gasteiger partial charge is 0.354 e. The number of halogens is 2. The number of hydrogen-bond acceptors (Lipinski definition) is 3. The Balaban J connectivity index is 1.87. The van der Waals surface area contributed by atoms with Crippen LogP contribution in [-0.4, -0.2) is 35.1 Å². The Morgan fingerprint density at radius 1 is 0.919 bits per heavy atom. The maximum absolute atomic E-state index is 13.7. The molecule has 3 aromatic rings. The second-order valence-electron chi connectivity index (χ2n) is 9.53. The summed E-state index contributed by atoms with van der Waals surface area (Å²) < 4.78 is 0. The minimum Gasteiger partial charge on any atom is -0.354 e. The predicted octanol–water partition coefficient (Wildman–Crippen LogP) is 6.95. The number of amides is 2. The van der Waals surface area contributed by atoms with E-state index in [1.807, 2.05) is 62.4 Å². The average Bonchev–Trinajstić information content (AvgIpc) is 2.88. The summed E-state index contributed by atoms with van der Waals surface area (Å²) in [5, 5.41) is 3.92. The maximum atomic E-state index is 13.7. The van der Waals surface area contributed by atoms with Crippen molar-refractivity contribution in [3.63, 3.8) is 0 Å². The lowest BCUT2D eigenvalue weighted by atomic mass is 10.0. The van der Waals surface area contributed by atoms with Gasteiger partial charge >= 0.3 is 0 Å². The molecule has 7 heteroatoms. The molecule has 0 spiro atoms. The van der Waals surface area contributed by atoms with Crippen molar-refractivity contribution in [1.29, 1.82) is 0 Å². The monoisotopic (exact) mass is 556 g/mol. The van der Waals surface area contributed by atoms with E-state index in [2.05, 4.69) is 24.4 Å². The van der Waals surface area contributed by atoms with Gasteiger partial charge in [-0.3, -0.25) is 9.59 Å². The fourth-order valence-electron chi connectivity index (χ4n) is 3.91. The third-order valence-corrected chi connectivity index (χ3v) is 7.74. The van der Waals surface area contributed by atoms with Gasteiger partial charge in [0.05, 0.1) is 15.8 Å². The summed E-state index contributed by atoms with van der Waals surface area (Å²) in [5.41, 5.74) is 4.21. The Kier molecular flexibility index (Phi) is 11.4. The first-order valence-corrected chi connectivity index (χ1v) is 14.3. The number of aryl methyl sites for hydroxylation is 1. The van der Waals surface area contributed by atoms with Gasteiger partial charge in [0.15, 0.2) is 0 Å². The highest BCUT2D eigenvalue weighted by Crippen LogP contribution is 2.25. The van der Waals surface area contributed by atoms with Crippen LogP contribution < -0.4 is 5.32 Å². The molecule has 0 bridgehead atoms. The van der Waals surface area contributed by atoms with Gasteiger partial charge < -0.3 is 10.2 Å². The molecule has 0 aromatic heterocycles. The van der Waals surface area contributed by atoms with E-state index in [-0.39, 0.29) is 24.1 Å². The standard InChI is InChI=1S/C30H34Cl2N2O2S/c1-21(2)17-33-30(36)28(16-23-10-5-4-6-11-23)34(18-24-13-14-26(31)27(32)15-24)29(35)20-37-19-25-12-8-7-9-22(25)3/h4-15,21,28H,16-20H2,1-3H3,(H,33,36). The number of nitrogens with zero attached hydrogens (tertiary/aromatic N) is 1. The molecule has 37 heavy (non-hydrogen) atoms. The first-order chi connectivity index (χ1) is 17.7. The lowest BCUT2D eigenvalue weighted by Crippen LogP contribution is -2.51. The van der Waals surface area contributed by atoms with Crippen molar-refractivity contribution in [2.75, 3.05) is 12.3 Å². The van der Waals surface area contributed by atoms with Gasteiger partial charge in [-0.25, -0.2) is 0 Å². The van der Waals surface area contributed by atoms with Crippen molar-refractivity contribution in [3.05, 3.63) is 105 Å². The quantitative estimate of drug-likeness (QED) is 0.262. The van der Waals surface area contributed by atoms with Gasteiger partial charge in [0.1, 0.15) is 6.04 Å². The molecular weight excluding hydrogens is 523 g/mol. The number of nitrogens with one attached hydrogen (secondary N) is 1. The number of rotatable bonds is 12. The molecule has 3 aromatic carbocycles. The van der Waals surface area contributed by atoms with Crippen LogP contribution in [0.5, 0.6) is 0 Å². The molecule has 1 N–H and O–H groups in total. The predicted molar refractivity (Wildman–Crippen MR) is 156 cm³/mol. The number of benzene rings is 3. The van der Waals surface area contributed by atoms with Gasteiger partial charge in [-0.05, 0) is 47.2 Å². The second kappa shape index (κ2) is 14.5. The molecule has 0 aliphatic carbocycles. The van der Waals surface area contributed by atoms with Crippen molar-refractivity contribution < 1.29 is 9.59 Å². The van der Waals surface area contributed by atoms with E-state index in [1.54, 1.807) is 28.8 Å². The van der Waals surface area contributed by atoms with Crippen LogP contribution in [0.4, 0.5) is 0 Å². The van der Waals surface area contributed by atoms with Crippen molar-refractivity contribution in [1.82, 2.24) is 10.2 Å². The number of hydrogen-bond donors (Lipinski definition) is 1. The van der Waals surface area contributed by atoms with Gasteiger partial charge in [0.25, 0.3) is 0 Å². The van der Waals surface area contributed by atoms with Crippen LogP contribution in [-0.2, 0) is 28.3 Å². The van der Waals surface area contributed by atoms with Crippen LogP contribution in [0, 0.1) is 12.8 Å². The highest BCUT2D eigenvalue weighted by molar-refractivity contribution is 7.99. The van der Waals surface area contributed by atoms with E-state index in [1.165, 1.54) is 11.1 Å². The molecule has 0 radical (unpaired) electrons. The van der Waals surface area contributed by atoms with E-state index < -0.39 is 6.04 Å². The fraction of sp³-hybridized carbons (Fsp3) is 0.333. The lowest BCUT2D eigenvalue weighted by molar-refractivity contribution is -0.139. The first kappa shape index (κ1) is 29.1. The minimum absolute atomic E-state index is 0.0923. The maximum Gasteiger partial charge on any atom is 0.243 e. The third-order valence-electron chi connectivity index (χ3n) is 6.04. The van der Waals surface area contributed by atoms with Crippen molar-refractivity contribution in [2.45, 2.75) is 45.5 Å². The Hall–Kier alpha value is -2.47. The summed E-state index contributed by atoms with van der Waals surface area (Å²) in [6, 6.07) is 22.6. The molecule has 1 atom stereocenters. The molecule has 196 valence electrons. The fourth-order valence-corrected chi connectivity index (χ4v) is 5.22. The summed E-state index contributed by atoms with van der Waals surface area (Å²) in [7, 11) is 0. The zero-order chi connectivity index (χ0) is 26.8. The highest BCUT2D eigenvalue weighted by atomic mass is 35.5. The van der Waals surface area contributed by atoms with Gasteiger partial charge in [0.2, 0.25) is 11.8 Å². The molecule has 2 amide bonds. The van der Waals surface area contributed by atoms with Crippen molar-refractivity contribution in [2.24, 2.45) is 5.92 Å². The summed E-state index contributed by atoms with van der Waals surface area (Å²) >= 11 is 14.0. The molecule has 0 heterocycles. The normalized spacial score (nSPS) is 11.8. The topological polar surface area (TPSA) is 49.4 Å². The van der Waals surface area contributed by atoms with Crippen molar-refractivity contribution >= 4 is 46.8 Å². The van der Waals surface area contributed by atoms with Crippen LogP contribution in [0.3, 0.4) is 0 Å². The smallest absolute Gasteiger partial charge is 0.243 e. The highest BCUT2D eigenvalue weighted by Gasteiger charge is 2.30. The van der Waals surface area contributed by atoms with Gasteiger partial charge in [-0.2, -0.15) is 0 Å². The zero-order valence-electron chi connectivity index (χ0n) is 21.5. The van der Waals surface area contributed by atoms with Crippen LogP contribution >= 0.6 is 35.0 Å². The molecular formula is C30H34Cl2N2O2S. The molecule has 0 fully saturated rings. The Labute approximate surface area is 234 Å². The summed E-state index contributed by atoms with van der Waals surface area (Å²) in [6.45, 7) is 6.97. The summed E-state index contributed by atoms with van der Waals surface area (Å²) in [5.74, 6) is 1.03. The molecule has 0 saturated heterocycles. The number of thioether (sulfide) groups is 1. The Bertz CT molecular complexity index is 1190. The lowest BCUT2D eigenvalue weighted by Gasteiger charge is -2.32. The average molecular weight is 558 g/mol. The first-order valence-electron chi connectivity index (χ1n) is 12.4. The third kappa shape index (κ3) is 9.10. The minimum atomic E-state index is -0.665. The van der Waals surface area contributed by atoms with Gasteiger partial charge in [-0.15, -0.1) is 11.8 Å². The van der Waals surface area contributed by atoms with E-state index in [4.69, 9.17) is 23.2 Å². The summed E-state index contributed by atoms with van der Waals surface area (Å²) in [6.07, 6.45) is 0.417. The second-order valence-corrected chi connectivity index (χ2v) is 11.3. The van der Waals surface area contributed by atoms with E-state index >= 15 is 0 Å². The van der Waals surface area contributed by atoms with E-state index in [0.29, 0.717) is 28.9 Å². The Morgan fingerprint density at radius 3 is 2.30 bits per heavy atom. The van der Waals surface area contributed by atoms with Crippen molar-refractivity contribution in [3.8, 4) is 0 Å². The number of carbonyl (C=O) groups is 2.